The molecule has 0 saturated carbocycles. The minimum Gasteiger partial charge on any atom is -0.493 e. The minimum absolute atomic E-state index is 0.0109. The summed E-state index contributed by atoms with van der Waals surface area (Å²) in [5.41, 5.74) is 0. The van der Waals surface area contributed by atoms with Crippen molar-refractivity contribution in [2.75, 3.05) is 6.61 Å². The van der Waals surface area contributed by atoms with E-state index in [-0.39, 0.29) is 22.3 Å². The summed E-state index contributed by atoms with van der Waals surface area (Å²) in [7, 11) is -3.55. The van der Waals surface area contributed by atoms with Crippen molar-refractivity contribution in [3.63, 3.8) is 0 Å². The normalized spacial score (nSPS) is 23.7. The van der Waals surface area contributed by atoms with Crippen LogP contribution in [-0.4, -0.2) is 35.4 Å². The Bertz CT molecular complexity index is 403. The second kappa shape index (κ2) is 6.42. The Morgan fingerprint density at radius 1 is 0.909 bits per heavy atom. The molecule has 1 rings (SSSR count). The van der Waals surface area contributed by atoms with Crippen molar-refractivity contribution in [1.29, 1.82) is 0 Å². The van der Waals surface area contributed by atoms with Gasteiger partial charge in [0.1, 0.15) is 12.2 Å². The minimum atomic E-state index is -1.80. The van der Waals surface area contributed by atoms with Crippen molar-refractivity contribution in [3.05, 3.63) is 12.3 Å². The van der Waals surface area contributed by atoms with Crippen LogP contribution in [0.5, 0.6) is 0 Å². The summed E-state index contributed by atoms with van der Waals surface area (Å²) in [5, 5.41) is 0.420. The van der Waals surface area contributed by atoms with Gasteiger partial charge >= 0.3 is 0 Å². The Morgan fingerprint density at radius 2 is 1.41 bits per heavy atom. The van der Waals surface area contributed by atoms with Crippen molar-refractivity contribution >= 4 is 16.6 Å². The van der Waals surface area contributed by atoms with Gasteiger partial charge in [0.15, 0.2) is 16.6 Å². The second-order valence-electron chi connectivity index (χ2n) is 9.42. The molecular formula is C17H36O3Si2. The molecule has 0 aromatic rings. The Balaban J connectivity index is 2.67. The molecule has 2 atom stereocenters. The van der Waals surface area contributed by atoms with Crippen LogP contribution in [-0.2, 0) is 13.6 Å². The smallest absolute Gasteiger partial charge is 0.193 e. The lowest BCUT2D eigenvalue weighted by Crippen LogP contribution is -2.48. The topological polar surface area (TPSA) is 27.7 Å². The molecule has 0 N–H and O–H groups in total. The average Bonchev–Trinajstić information content (AvgIpc) is 2.70. The number of rotatable bonds is 5. The van der Waals surface area contributed by atoms with Gasteiger partial charge in [-0.15, -0.1) is 0 Å². The molecule has 130 valence electrons. The van der Waals surface area contributed by atoms with Crippen LogP contribution in [0.3, 0.4) is 0 Å². The summed E-state index contributed by atoms with van der Waals surface area (Å²) in [6.07, 6.45) is 3.83. The van der Waals surface area contributed by atoms with E-state index in [4.69, 9.17) is 13.6 Å². The first-order valence-corrected chi connectivity index (χ1v) is 14.1. The van der Waals surface area contributed by atoms with E-state index in [1.807, 2.05) is 6.08 Å². The molecule has 0 spiro atoms. The zero-order valence-corrected chi connectivity index (χ0v) is 18.2. The highest BCUT2D eigenvalue weighted by Gasteiger charge is 2.43. The van der Waals surface area contributed by atoms with E-state index in [1.165, 1.54) is 0 Å². The fraction of sp³-hybridized carbons (Fsp3) is 0.882. The van der Waals surface area contributed by atoms with Gasteiger partial charge in [-0.2, -0.15) is 0 Å². The molecule has 0 aromatic carbocycles. The van der Waals surface area contributed by atoms with E-state index in [0.29, 0.717) is 6.61 Å². The third kappa shape index (κ3) is 4.69. The molecule has 1 heterocycles. The Labute approximate surface area is 139 Å². The van der Waals surface area contributed by atoms with Crippen LogP contribution in [0.1, 0.15) is 41.5 Å². The van der Waals surface area contributed by atoms with Crippen LogP contribution in [0.2, 0.25) is 36.3 Å². The highest BCUT2D eigenvalue weighted by atomic mass is 28.4. The van der Waals surface area contributed by atoms with E-state index in [2.05, 4.69) is 67.7 Å². The van der Waals surface area contributed by atoms with Crippen LogP contribution in [0, 0.1) is 0 Å². The molecule has 2 unspecified atom stereocenters. The first-order chi connectivity index (χ1) is 9.67. The van der Waals surface area contributed by atoms with Crippen molar-refractivity contribution in [2.24, 2.45) is 0 Å². The van der Waals surface area contributed by atoms with Gasteiger partial charge in [-0.25, -0.2) is 0 Å². The molecule has 1 aliphatic rings. The van der Waals surface area contributed by atoms with Gasteiger partial charge < -0.3 is 13.6 Å². The summed E-state index contributed by atoms with van der Waals surface area (Å²) in [6, 6.07) is 0. The molecule has 0 aromatic heterocycles. The highest BCUT2D eigenvalue weighted by Crippen LogP contribution is 2.39. The molecule has 5 heteroatoms. The van der Waals surface area contributed by atoms with Gasteiger partial charge in [-0.3, -0.25) is 0 Å². The maximum absolute atomic E-state index is 6.49. The van der Waals surface area contributed by atoms with Crippen LogP contribution in [0.4, 0.5) is 0 Å². The van der Waals surface area contributed by atoms with Crippen molar-refractivity contribution in [1.82, 2.24) is 0 Å². The van der Waals surface area contributed by atoms with Gasteiger partial charge in [-0.05, 0) is 42.3 Å². The first-order valence-electron chi connectivity index (χ1n) is 8.31. The fourth-order valence-electron chi connectivity index (χ4n) is 1.70. The number of hydrogen-bond acceptors (Lipinski definition) is 3. The van der Waals surface area contributed by atoms with Crippen molar-refractivity contribution in [2.45, 2.75) is 90.0 Å². The molecule has 0 fully saturated rings. The zero-order valence-electron chi connectivity index (χ0n) is 16.2. The lowest BCUT2D eigenvalue weighted by atomic mass is 10.2. The lowest BCUT2D eigenvalue weighted by molar-refractivity contribution is 0.0302. The zero-order chi connectivity index (χ0) is 17.4. The molecule has 0 bridgehead atoms. The predicted molar refractivity (Wildman–Crippen MR) is 99.2 cm³/mol. The third-order valence-electron chi connectivity index (χ3n) is 5.54. The monoisotopic (exact) mass is 344 g/mol. The summed E-state index contributed by atoms with van der Waals surface area (Å²) in [5.74, 6) is 0. The Hall–Kier alpha value is -0.106. The highest BCUT2D eigenvalue weighted by molar-refractivity contribution is 6.74. The van der Waals surface area contributed by atoms with Crippen molar-refractivity contribution in [3.8, 4) is 0 Å². The molecular weight excluding hydrogens is 308 g/mol. The molecule has 0 radical (unpaired) electrons. The van der Waals surface area contributed by atoms with E-state index < -0.39 is 16.6 Å². The average molecular weight is 345 g/mol. The quantitative estimate of drug-likeness (QED) is 0.632. The Kier molecular flexibility index (Phi) is 5.82. The molecule has 0 saturated heterocycles. The third-order valence-corrected chi connectivity index (χ3v) is 14.5. The van der Waals surface area contributed by atoms with Crippen LogP contribution in [0.15, 0.2) is 12.3 Å². The SMILES string of the molecule is CC(C)(C)[Si](C)(C)OCC1OC=CC1O[Si](C)(C)C(C)(C)C. The second-order valence-corrected chi connectivity index (χ2v) is 19.0. The number of ether oxygens (including phenoxy) is 1. The lowest BCUT2D eigenvalue weighted by Gasteiger charge is -2.40. The maximum atomic E-state index is 6.49. The van der Waals surface area contributed by atoms with Gasteiger partial charge in [0.25, 0.3) is 0 Å². The largest absolute Gasteiger partial charge is 0.493 e. The van der Waals surface area contributed by atoms with E-state index in [1.54, 1.807) is 6.26 Å². The van der Waals surface area contributed by atoms with E-state index in [9.17, 15) is 0 Å². The molecule has 3 nitrogen and oxygen atoms in total. The standard InChI is InChI=1S/C17H36O3Si2/c1-16(2,3)21(7,8)19-13-15-14(11-12-18-15)20-22(9,10)17(4,5)6/h11-12,14-15H,13H2,1-10H3. The molecule has 0 amide bonds. The van der Waals surface area contributed by atoms with Gasteiger partial charge in [0, 0.05) is 0 Å². The van der Waals surface area contributed by atoms with Crippen LogP contribution < -0.4 is 0 Å². The van der Waals surface area contributed by atoms with Crippen LogP contribution >= 0.6 is 0 Å². The van der Waals surface area contributed by atoms with Crippen LogP contribution in [0.25, 0.3) is 0 Å². The van der Waals surface area contributed by atoms with Crippen molar-refractivity contribution < 1.29 is 13.6 Å². The van der Waals surface area contributed by atoms with Gasteiger partial charge in [0.2, 0.25) is 0 Å². The molecule has 22 heavy (non-hydrogen) atoms. The van der Waals surface area contributed by atoms with Gasteiger partial charge in [-0.1, -0.05) is 41.5 Å². The first kappa shape index (κ1) is 19.9. The van der Waals surface area contributed by atoms with E-state index >= 15 is 0 Å². The van der Waals surface area contributed by atoms with Gasteiger partial charge in [0.05, 0.1) is 12.9 Å². The maximum Gasteiger partial charge on any atom is 0.193 e. The van der Waals surface area contributed by atoms with E-state index in [0.717, 1.165) is 0 Å². The summed E-state index contributed by atoms with van der Waals surface area (Å²) in [4.78, 5) is 0. The molecule has 0 aliphatic carbocycles. The summed E-state index contributed by atoms with van der Waals surface area (Å²) >= 11 is 0. The number of hydrogen-bond donors (Lipinski definition) is 0. The summed E-state index contributed by atoms with van der Waals surface area (Å²) < 4.78 is 18.6. The fourth-order valence-corrected chi connectivity index (χ4v) is 3.98. The molecule has 1 aliphatic heterocycles. The predicted octanol–water partition coefficient (Wildman–Crippen LogP) is 5.31. The summed E-state index contributed by atoms with van der Waals surface area (Å²) in [6.45, 7) is 23.3. The Morgan fingerprint density at radius 3 is 1.86 bits per heavy atom.